The van der Waals surface area contributed by atoms with Crippen molar-refractivity contribution in [1.82, 2.24) is 0 Å². The summed E-state index contributed by atoms with van der Waals surface area (Å²) in [5.41, 5.74) is 27.3. The number of benzene rings is 7. The van der Waals surface area contributed by atoms with Gasteiger partial charge in [-0.05, 0) is 204 Å². The first-order valence-electron chi connectivity index (χ1n) is 30.3. The molecule has 0 saturated carbocycles. The molecule has 0 saturated heterocycles. The maximum absolute atomic E-state index is 2.79. The van der Waals surface area contributed by atoms with Gasteiger partial charge in [0.05, 0.1) is 22.7 Å². The topological polar surface area (TPSA) is 9.72 Å². The Balaban J connectivity index is 1.16. The summed E-state index contributed by atoms with van der Waals surface area (Å²) < 4.78 is 2.85. The summed E-state index contributed by atoms with van der Waals surface area (Å²) in [7, 11) is 0. The monoisotopic (exact) mass is 1070 g/mol. The Kier molecular flexibility index (Phi) is 10.8. The molecule has 8 aromatic rings. The standard InChI is InChI=1S/C75H84BN3S/c1-68(2,3)45-26-31-61-58(38-45)76-65-62(77(61)46-27-29-50-54(39-46)71(8,9)34-32-69(50,4)5)41-48(78-59-24-20-18-22-52(59)75(16,17)53-23-19-21-25-60(53)78)42-63(65)79(47-28-30-51-55(40-47)72(10,11)35-33-70(51,6)7)66-49-43-56-57(44-64(49)80-67(66)76)74(14,15)37-36-73(56,12)13/h18-31,38-44H,32-37H2,1-17H3. The quantitative estimate of drug-likeness (QED) is 0.163. The van der Waals surface area contributed by atoms with Crippen LogP contribution in [0.1, 0.15) is 206 Å². The van der Waals surface area contributed by atoms with Crippen molar-refractivity contribution in [2.24, 2.45) is 0 Å². The van der Waals surface area contributed by atoms with Gasteiger partial charge in [-0.3, -0.25) is 0 Å². The first-order valence-corrected chi connectivity index (χ1v) is 31.2. The smallest absolute Gasteiger partial charge is 0.264 e. The Morgan fingerprint density at radius 2 is 0.825 bits per heavy atom. The van der Waals surface area contributed by atoms with E-state index in [1.54, 1.807) is 0 Å². The van der Waals surface area contributed by atoms with Crippen molar-refractivity contribution in [3.05, 3.63) is 177 Å². The van der Waals surface area contributed by atoms with Gasteiger partial charge < -0.3 is 14.7 Å². The van der Waals surface area contributed by atoms with Crippen molar-refractivity contribution in [1.29, 1.82) is 0 Å². The lowest BCUT2D eigenvalue weighted by Gasteiger charge is -2.47. The van der Waals surface area contributed by atoms with E-state index in [1.807, 2.05) is 0 Å². The molecule has 0 spiro atoms. The molecule has 80 heavy (non-hydrogen) atoms. The van der Waals surface area contributed by atoms with Gasteiger partial charge >= 0.3 is 0 Å². The fourth-order valence-corrected chi connectivity index (χ4v) is 17.4. The highest BCUT2D eigenvalue weighted by Gasteiger charge is 2.49. The predicted molar refractivity (Wildman–Crippen MR) is 347 cm³/mol. The third kappa shape index (κ3) is 7.36. The second-order valence-electron chi connectivity index (χ2n) is 31.0. The van der Waals surface area contributed by atoms with Gasteiger partial charge in [0.25, 0.3) is 6.71 Å². The molecular weight excluding hydrogens is 986 g/mol. The van der Waals surface area contributed by atoms with Crippen LogP contribution in [0.5, 0.6) is 0 Å². The highest BCUT2D eigenvalue weighted by Crippen LogP contribution is 2.58. The molecule has 3 nitrogen and oxygen atoms in total. The molecular formula is C75H84BN3S. The zero-order valence-corrected chi connectivity index (χ0v) is 52.0. The van der Waals surface area contributed by atoms with Gasteiger partial charge in [-0.2, -0.15) is 0 Å². The lowest BCUT2D eigenvalue weighted by molar-refractivity contribution is 0.332. The Bertz CT molecular complexity index is 3910. The molecule has 0 fully saturated rings. The molecule has 3 aliphatic carbocycles. The summed E-state index contributed by atoms with van der Waals surface area (Å²) in [4.78, 5) is 8.12. The molecule has 0 radical (unpaired) electrons. The van der Waals surface area contributed by atoms with E-state index < -0.39 is 0 Å². The molecule has 6 aliphatic rings. The number of para-hydroxylation sites is 2. The molecule has 1 aromatic heterocycles. The number of hydrogen-bond donors (Lipinski definition) is 0. The van der Waals surface area contributed by atoms with E-state index in [1.165, 1.54) is 153 Å². The van der Waals surface area contributed by atoms with Crippen LogP contribution in [0.15, 0.2) is 127 Å². The molecule has 0 bridgehead atoms. The van der Waals surface area contributed by atoms with Gasteiger partial charge in [0.2, 0.25) is 0 Å². The Morgan fingerprint density at radius 1 is 0.388 bits per heavy atom. The molecule has 7 aromatic carbocycles. The highest BCUT2D eigenvalue weighted by atomic mass is 32.1. The normalized spacial score (nSPS) is 20.6. The molecule has 4 heterocycles. The van der Waals surface area contributed by atoms with Crippen LogP contribution in [0.2, 0.25) is 0 Å². The van der Waals surface area contributed by atoms with E-state index in [-0.39, 0.29) is 50.0 Å². The van der Waals surface area contributed by atoms with Crippen LogP contribution in [-0.4, -0.2) is 6.71 Å². The van der Waals surface area contributed by atoms with E-state index in [9.17, 15) is 0 Å². The Labute approximate surface area is 483 Å². The van der Waals surface area contributed by atoms with Gasteiger partial charge in [0.1, 0.15) is 0 Å². The molecule has 0 N–H and O–H groups in total. The minimum absolute atomic E-state index is 0.00911. The summed E-state index contributed by atoms with van der Waals surface area (Å²) in [6, 6.07) is 51.9. The van der Waals surface area contributed by atoms with Gasteiger partial charge in [-0.1, -0.05) is 178 Å². The largest absolute Gasteiger partial charge is 0.311 e. The van der Waals surface area contributed by atoms with Crippen LogP contribution >= 0.6 is 11.3 Å². The molecule has 0 amide bonds. The number of nitrogens with zero attached hydrogens (tertiary/aromatic N) is 3. The van der Waals surface area contributed by atoms with Crippen LogP contribution in [-0.2, 0) is 43.3 Å². The van der Waals surface area contributed by atoms with Gasteiger partial charge in [-0.25, -0.2) is 0 Å². The van der Waals surface area contributed by atoms with Crippen LogP contribution in [0, 0.1) is 0 Å². The lowest BCUT2D eigenvalue weighted by atomic mass is 9.36. The molecule has 0 atom stereocenters. The summed E-state index contributed by atoms with van der Waals surface area (Å²) in [5, 5.41) is 1.38. The fraction of sp³-hybridized carbons (Fsp3) is 0.413. The highest BCUT2D eigenvalue weighted by molar-refractivity contribution is 7.33. The number of hydrogen-bond acceptors (Lipinski definition) is 4. The van der Waals surface area contributed by atoms with Crippen molar-refractivity contribution in [3.63, 3.8) is 0 Å². The second-order valence-corrected chi connectivity index (χ2v) is 32.1. The lowest BCUT2D eigenvalue weighted by Crippen LogP contribution is -2.60. The van der Waals surface area contributed by atoms with Crippen molar-refractivity contribution < 1.29 is 0 Å². The third-order valence-electron chi connectivity index (χ3n) is 21.6. The molecule has 3 aliphatic heterocycles. The summed E-state index contributed by atoms with van der Waals surface area (Å²) in [5.74, 6) is 0. The molecule has 5 heteroatoms. The third-order valence-corrected chi connectivity index (χ3v) is 22.8. The van der Waals surface area contributed by atoms with E-state index in [0.717, 1.165) is 12.8 Å². The zero-order valence-electron chi connectivity index (χ0n) is 51.2. The first-order chi connectivity index (χ1) is 37.5. The molecule has 408 valence electrons. The maximum atomic E-state index is 2.79. The Morgan fingerprint density at radius 3 is 1.34 bits per heavy atom. The van der Waals surface area contributed by atoms with E-state index >= 15 is 0 Å². The van der Waals surface area contributed by atoms with Crippen LogP contribution in [0.4, 0.5) is 51.2 Å². The number of thiophene rings is 1. The van der Waals surface area contributed by atoms with Gasteiger partial charge in [0.15, 0.2) is 0 Å². The fourth-order valence-electron chi connectivity index (χ4n) is 16.1. The van der Waals surface area contributed by atoms with Gasteiger partial charge in [0, 0.05) is 48.7 Å². The van der Waals surface area contributed by atoms with Crippen molar-refractivity contribution in [2.45, 2.75) is 200 Å². The SMILES string of the molecule is CC(C)(C)c1ccc2c(c1)B1c3sc4cc5c(cc4c3N(c3ccc4c(c3)C(C)(C)CCC4(C)C)c3cc(N4c6ccccc6C(C)(C)c6ccccc64)cc(c31)N2c1ccc2c(c1)C(C)(C)CCC2(C)C)C(C)(C)CCC5(C)C. The average molecular weight is 1070 g/mol. The summed E-state index contributed by atoms with van der Waals surface area (Å²) in [6.07, 6.45) is 7.05. The number of anilines is 9. The second kappa shape index (κ2) is 16.6. The summed E-state index contributed by atoms with van der Waals surface area (Å²) in [6.45, 7) is 41.8. The minimum atomic E-state index is -0.196. The predicted octanol–water partition coefficient (Wildman–Crippen LogP) is 19.4. The Hall–Kier alpha value is -6.04. The van der Waals surface area contributed by atoms with Gasteiger partial charge in [-0.15, -0.1) is 11.3 Å². The van der Waals surface area contributed by atoms with E-state index in [4.69, 9.17) is 0 Å². The maximum Gasteiger partial charge on any atom is 0.264 e. The van der Waals surface area contributed by atoms with Crippen LogP contribution < -0.4 is 30.4 Å². The summed E-state index contributed by atoms with van der Waals surface area (Å²) >= 11 is 2.07. The molecule has 14 rings (SSSR count). The van der Waals surface area contributed by atoms with Crippen molar-refractivity contribution in [3.8, 4) is 0 Å². The van der Waals surface area contributed by atoms with Crippen LogP contribution in [0.3, 0.4) is 0 Å². The van der Waals surface area contributed by atoms with Crippen LogP contribution in [0.25, 0.3) is 10.1 Å². The first kappa shape index (κ1) is 52.1. The average Bonchev–Trinajstić information content (AvgIpc) is 3.99. The number of fused-ring (bicyclic) bond motifs is 11. The van der Waals surface area contributed by atoms with Crippen molar-refractivity contribution in [2.75, 3.05) is 14.7 Å². The number of rotatable bonds is 3. The zero-order chi connectivity index (χ0) is 56.4. The van der Waals surface area contributed by atoms with Crippen molar-refractivity contribution >= 4 is 95.0 Å². The van der Waals surface area contributed by atoms with E-state index in [0.29, 0.717) is 0 Å². The minimum Gasteiger partial charge on any atom is -0.311 e. The molecule has 0 unspecified atom stereocenters. The van der Waals surface area contributed by atoms with E-state index in [2.05, 4.69) is 271 Å².